The van der Waals surface area contributed by atoms with Crippen molar-refractivity contribution in [2.45, 2.75) is 27.4 Å². The molecule has 0 spiro atoms. The van der Waals surface area contributed by atoms with Gasteiger partial charge in [0.05, 0.1) is 16.4 Å². The summed E-state index contributed by atoms with van der Waals surface area (Å²) in [5.41, 5.74) is 1.80. The highest BCUT2D eigenvalue weighted by atomic mass is 35.5. The molecule has 3 rings (SSSR count). The average molecular weight is 414 g/mol. The fourth-order valence-corrected chi connectivity index (χ4v) is 3.43. The number of halogens is 1. The van der Waals surface area contributed by atoms with Crippen molar-refractivity contribution < 1.29 is 9.53 Å². The van der Waals surface area contributed by atoms with Gasteiger partial charge in [-0.1, -0.05) is 17.7 Å². The first-order chi connectivity index (χ1) is 13.3. The Hall–Kier alpha value is -2.95. The Morgan fingerprint density at radius 3 is 2.71 bits per heavy atom. The zero-order chi connectivity index (χ0) is 20.4. The van der Waals surface area contributed by atoms with E-state index in [-0.39, 0.29) is 17.5 Å². The highest BCUT2D eigenvalue weighted by molar-refractivity contribution is 7.09. The van der Waals surface area contributed by atoms with Crippen molar-refractivity contribution in [1.82, 2.24) is 14.5 Å². The molecule has 1 aromatic carbocycles. The lowest BCUT2D eigenvalue weighted by Crippen LogP contribution is -2.24. The summed E-state index contributed by atoms with van der Waals surface area (Å²) in [6.07, 6.45) is 5.20. The maximum absolute atomic E-state index is 12.9. The van der Waals surface area contributed by atoms with Crippen LogP contribution in [0.2, 0.25) is 5.02 Å². The minimum atomic E-state index is -0.493. The molecule has 142 valence electrons. The van der Waals surface area contributed by atoms with E-state index in [4.69, 9.17) is 22.8 Å². The van der Waals surface area contributed by atoms with E-state index < -0.39 is 11.3 Å². The second kappa shape index (κ2) is 7.97. The second-order valence-electron chi connectivity index (χ2n) is 6.04. The third-order valence-corrected chi connectivity index (χ3v) is 5.18. The summed E-state index contributed by atoms with van der Waals surface area (Å²) in [6, 6.07) is 4.89. The summed E-state index contributed by atoms with van der Waals surface area (Å²) in [4.78, 5) is 33.4. The number of aryl methyl sites for hydroxylation is 3. The van der Waals surface area contributed by atoms with Gasteiger partial charge < -0.3 is 4.74 Å². The highest BCUT2D eigenvalue weighted by Gasteiger charge is 2.18. The molecule has 0 N–H and O–H groups in total. The first-order valence-corrected chi connectivity index (χ1v) is 9.52. The number of rotatable bonds is 5. The van der Waals surface area contributed by atoms with Crippen LogP contribution in [-0.4, -0.2) is 20.3 Å². The van der Waals surface area contributed by atoms with Crippen LogP contribution in [0.1, 0.15) is 32.4 Å². The molecule has 0 fully saturated rings. The Balaban J connectivity index is 2.02. The van der Waals surface area contributed by atoms with Crippen molar-refractivity contribution in [1.29, 1.82) is 0 Å². The molecule has 8 heteroatoms. The first-order valence-electron chi connectivity index (χ1n) is 8.26. The first kappa shape index (κ1) is 19.8. The van der Waals surface area contributed by atoms with E-state index in [2.05, 4.69) is 15.9 Å². The van der Waals surface area contributed by atoms with Crippen molar-refractivity contribution in [3.63, 3.8) is 0 Å². The lowest BCUT2D eigenvalue weighted by molar-refractivity contribution is 0.105. The molecule has 0 radical (unpaired) electrons. The van der Waals surface area contributed by atoms with Gasteiger partial charge in [0.15, 0.2) is 5.02 Å². The van der Waals surface area contributed by atoms with E-state index >= 15 is 0 Å². The van der Waals surface area contributed by atoms with Gasteiger partial charge in [0.1, 0.15) is 12.4 Å². The van der Waals surface area contributed by atoms with E-state index in [9.17, 15) is 9.59 Å². The third kappa shape index (κ3) is 3.84. The van der Waals surface area contributed by atoms with Crippen molar-refractivity contribution in [2.75, 3.05) is 0 Å². The van der Waals surface area contributed by atoms with Crippen LogP contribution in [0.4, 0.5) is 0 Å². The topological polar surface area (TPSA) is 74.1 Å². The zero-order valence-electron chi connectivity index (χ0n) is 15.4. The SMILES string of the molecule is C#CC(=O)c1ccc(C)c(-n2c(C)nc(OCc3csc(C)n3)c(Cl)c2=O)c1. The van der Waals surface area contributed by atoms with Crippen LogP contribution in [0, 0.1) is 33.1 Å². The molecule has 0 aliphatic carbocycles. The number of benzene rings is 1. The smallest absolute Gasteiger partial charge is 0.280 e. The van der Waals surface area contributed by atoms with E-state index in [0.717, 1.165) is 16.3 Å². The van der Waals surface area contributed by atoms with Crippen LogP contribution in [0.25, 0.3) is 5.69 Å². The molecule has 6 nitrogen and oxygen atoms in total. The van der Waals surface area contributed by atoms with Gasteiger partial charge in [0.25, 0.3) is 5.56 Å². The molecule has 0 saturated heterocycles. The van der Waals surface area contributed by atoms with Gasteiger partial charge in [-0.2, -0.15) is 4.98 Å². The van der Waals surface area contributed by atoms with Crippen molar-refractivity contribution in [2.24, 2.45) is 0 Å². The van der Waals surface area contributed by atoms with Crippen LogP contribution in [-0.2, 0) is 6.61 Å². The molecule has 0 aliphatic rings. The number of hydrogen-bond donors (Lipinski definition) is 0. The number of aromatic nitrogens is 3. The fraction of sp³-hybridized carbons (Fsp3) is 0.200. The third-order valence-electron chi connectivity index (χ3n) is 4.03. The van der Waals surface area contributed by atoms with Crippen LogP contribution >= 0.6 is 22.9 Å². The molecule has 28 heavy (non-hydrogen) atoms. The van der Waals surface area contributed by atoms with E-state index in [1.807, 2.05) is 19.2 Å². The normalized spacial score (nSPS) is 10.5. The molecule has 3 aromatic rings. The maximum atomic E-state index is 12.9. The Morgan fingerprint density at radius 2 is 2.07 bits per heavy atom. The minimum absolute atomic E-state index is 0.0413. The number of Topliss-reactive ketones (excluding diaryl/α,β-unsaturated/α-hetero) is 1. The summed E-state index contributed by atoms with van der Waals surface area (Å²) in [5, 5.41) is 2.64. The number of carbonyl (C=O) groups is 1. The number of ether oxygens (including phenoxy) is 1. The number of ketones is 1. The van der Waals surface area contributed by atoms with E-state index in [0.29, 0.717) is 17.1 Å². The van der Waals surface area contributed by atoms with Gasteiger partial charge in [0.2, 0.25) is 11.7 Å². The van der Waals surface area contributed by atoms with Gasteiger partial charge in [-0.25, -0.2) is 4.98 Å². The molecule has 0 saturated carbocycles. The van der Waals surface area contributed by atoms with Crippen molar-refractivity contribution in [3.05, 3.63) is 66.6 Å². The van der Waals surface area contributed by atoms with Gasteiger partial charge in [-0.15, -0.1) is 17.8 Å². The molecule has 0 amide bonds. The molecular weight excluding hydrogens is 398 g/mol. The molecular formula is C20H16ClN3O3S. The van der Waals surface area contributed by atoms with Crippen LogP contribution < -0.4 is 10.3 Å². The number of thiazole rings is 1. The largest absolute Gasteiger partial charge is 0.470 e. The average Bonchev–Trinajstić information content (AvgIpc) is 3.09. The van der Waals surface area contributed by atoms with Crippen molar-refractivity contribution >= 4 is 28.7 Å². The minimum Gasteiger partial charge on any atom is -0.470 e. The maximum Gasteiger partial charge on any atom is 0.280 e. The quantitative estimate of drug-likeness (QED) is 0.362. The summed E-state index contributed by atoms with van der Waals surface area (Å²) >= 11 is 7.74. The summed E-state index contributed by atoms with van der Waals surface area (Å²) in [7, 11) is 0. The predicted molar refractivity (Wildman–Crippen MR) is 109 cm³/mol. The Kier molecular flexibility index (Phi) is 5.63. The molecule has 0 aliphatic heterocycles. The Bertz CT molecular complexity index is 1170. The molecule has 2 heterocycles. The standard InChI is InChI=1S/C20H16ClN3O3S/c1-5-17(25)14-7-6-11(2)16(8-14)24-12(3)22-19(18(21)20(24)26)27-9-15-10-28-13(4)23-15/h1,6-8,10H,9H2,2-4H3. The predicted octanol–water partition coefficient (Wildman–Crippen LogP) is 3.66. The van der Waals surface area contributed by atoms with E-state index in [1.54, 1.807) is 25.1 Å². The number of nitrogens with zero attached hydrogens (tertiary/aromatic N) is 3. The Morgan fingerprint density at radius 1 is 1.32 bits per heavy atom. The lowest BCUT2D eigenvalue weighted by atomic mass is 10.1. The lowest BCUT2D eigenvalue weighted by Gasteiger charge is -2.15. The molecule has 0 bridgehead atoms. The van der Waals surface area contributed by atoms with E-state index in [1.165, 1.54) is 15.9 Å². The fourth-order valence-electron chi connectivity index (χ4n) is 2.65. The molecule has 0 unspecified atom stereocenters. The second-order valence-corrected chi connectivity index (χ2v) is 7.48. The van der Waals surface area contributed by atoms with Crippen LogP contribution in [0.15, 0.2) is 28.4 Å². The summed E-state index contributed by atoms with van der Waals surface area (Å²) in [5.74, 6) is 2.01. The highest BCUT2D eigenvalue weighted by Crippen LogP contribution is 2.23. The summed E-state index contributed by atoms with van der Waals surface area (Å²) in [6.45, 7) is 5.53. The van der Waals surface area contributed by atoms with Gasteiger partial charge in [-0.05, 0) is 44.4 Å². The van der Waals surface area contributed by atoms with Gasteiger partial charge in [0, 0.05) is 10.9 Å². The summed E-state index contributed by atoms with van der Waals surface area (Å²) < 4.78 is 6.94. The zero-order valence-corrected chi connectivity index (χ0v) is 17.0. The van der Waals surface area contributed by atoms with Crippen LogP contribution in [0.5, 0.6) is 5.88 Å². The molecule has 2 aromatic heterocycles. The molecule has 0 atom stereocenters. The monoisotopic (exact) mass is 413 g/mol. The number of carbonyl (C=O) groups excluding carboxylic acids is 1. The number of terminal acetylenes is 1. The Labute approximate surface area is 170 Å². The van der Waals surface area contributed by atoms with Crippen LogP contribution in [0.3, 0.4) is 0 Å². The van der Waals surface area contributed by atoms with Gasteiger partial charge >= 0.3 is 0 Å². The van der Waals surface area contributed by atoms with Gasteiger partial charge in [-0.3, -0.25) is 14.2 Å². The van der Waals surface area contributed by atoms with Crippen molar-refractivity contribution in [3.8, 4) is 23.9 Å². The number of hydrogen-bond acceptors (Lipinski definition) is 6.